The van der Waals surface area contributed by atoms with Gasteiger partial charge in [-0.1, -0.05) is 0 Å². The molecule has 1 aromatic heterocycles. The number of hydrogen-bond acceptors (Lipinski definition) is 3. The zero-order valence-electron chi connectivity index (χ0n) is 9.72. The third kappa shape index (κ3) is 4.66. The molecular weight excluding hydrogens is 201 g/mol. The van der Waals surface area contributed by atoms with E-state index in [1.54, 1.807) is 18.1 Å². The van der Waals surface area contributed by atoms with Gasteiger partial charge in [0.2, 0.25) is 0 Å². The number of Topliss-reactive ketones (excluding diaryl/α,β-unsaturated/α-hetero) is 1. The first kappa shape index (κ1) is 13.0. The summed E-state index contributed by atoms with van der Waals surface area (Å²) in [7, 11) is 0. The van der Waals surface area contributed by atoms with Gasteiger partial charge in [-0.3, -0.25) is 0 Å². The van der Waals surface area contributed by atoms with E-state index in [-0.39, 0.29) is 12.2 Å². The number of nitrogens with zero attached hydrogens (tertiary/aromatic N) is 1. The molecule has 1 rings (SSSR count). The minimum atomic E-state index is -0.754. The average Bonchev–Trinajstić information content (AvgIpc) is 2.30. The number of carbonyl (C=O) groups excluding carboxylic acids is 1. The maximum atomic E-state index is 11.5. The molecule has 0 saturated heterocycles. The van der Waals surface area contributed by atoms with Crippen LogP contribution in [0.15, 0.2) is 18.1 Å². The van der Waals surface area contributed by atoms with Gasteiger partial charge < -0.3 is 0 Å². The number of hydrogen-bond donors (Lipinski definition) is 1. The van der Waals surface area contributed by atoms with Crippen LogP contribution in [-0.4, -0.2) is 22.8 Å². The number of carbonyl (C=O) groups is 1. The van der Waals surface area contributed by atoms with Crippen molar-refractivity contribution in [3.05, 3.63) is 23.8 Å². The Bertz CT molecular complexity index is 316. The second-order valence-electron chi connectivity index (χ2n) is 3.97. The van der Waals surface area contributed by atoms with Crippen LogP contribution in [0.25, 0.3) is 0 Å². The Balaban J connectivity index is 2.34. The standard InChI is InChI=1S/C12H18BNO2/c1-2-3-4-5-10(15)8-12(16)11-9-13-6-7-14-11/h6-7,9,12,16H,2-5,8H2,1H3. The molecule has 4 heteroatoms. The number of rotatable bonds is 7. The van der Waals surface area contributed by atoms with E-state index in [1.807, 2.05) is 6.91 Å². The van der Waals surface area contributed by atoms with E-state index in [4.69, 9.17) is 0 Å². The van der Waals surface area contributed by atoms with Crippen molar-refractivity contribution in [2.24, 2.45) is 0 Å². The van der Waals surface area contributed by atoms with Gasteiger partial charge in [-0.25, -0.2) is 0 Å². The van der Waals surface area contributed by atoms with Gasteiger partial charge in [0.1, 0.15) is 0 Å². The quantitative estimate of drug-likeness (QED) is 0.713. The van der Waals surface area contributed by atoms with Crippen LogP contribution in [0.1, 0.15) is 50.8 Å². The fraction of sp³-hybridized carbons (Fsp3) is 0.583. The normalized spacial score (nSPS) is 12.1. The van der Waals surface area contributed by atoms with E-state index in [0.717, 1.165) is 19.3 Å². The van der Waals surface area contributed by atoms with Crippen LogP contribution in [-0.2, 0) is 4.79 Å². The molecule has 0 amide bonds. The molecule has 0 spiro atoms. The van der Waals surface area contributed by atoms with Gasteiger partial charge in [-0.15, -0.1) is 0 Å². The van der Waals surface area contributed by atoms with Crippen molar-refractivity contribution in [1.82, 2.24) is 4.98 Å². The Kier molecular flexibility index (Phi) is 5.94. The Morgan fingerprint density at radius 2 is 2.38 bits per heavy atom. The molecule has 1 unspecified atom stereocenters. The molecule has 0 saturated carbocycles. The molecule has 0 fully saturated rings. The molecule has 0 bridgehead atoms. The summed E-state index contributed by atoms with van der Waals surface area (Å²) in [6.45, 7) is 3.92. The van der Waals surface area contributed by atoms with Gasteiger partial charge in [0.25, 0.3) is 0 Å². The summed E-state index contributed by atoms with van der Waals surface area (Å²) in [5.41, 5.74) is 0.575. The topological polar surface area (TPSA) is 50.2 Å². The molecule has 1 atom stereocenters. The first-order chi connectivity index (χ1) is 7.74. The van der Waals surface area contributed by atoms with E-state index in [2.05, 4.69) is 11.9 Å². The predicted molar refractivity (Wildman–Crippen MR) is 64.3 cm³/mol. The van der Waals surface area contributed by atoms with Gasteiger partial charge in [0, 0.05) is 0 Å². The third-order valence-corrected chi connectivity index (χ3v) is 2.51. The molecule has 0 aliphatic rings. The van der Waals surface area contributed by atoms with Gasteiger partial charge in [0.15, 0.2) is 0 Å². The summed E-state index contributed by atoms with van der Waals surface area (Å²) in [4.78, 5) is 15.5. The molecule has 86 valence electrons. The van der Waals surface area contributed by atoms with E-state index < -0.39 is 6.10 Å². The summed E-state index contributed by atoms with van der Waals surface area (Å²) < 4.78 is 0. The Morgan fingerprint density at radius 3 is 3.00 bits per heavy atom. The van der Waals surface area contributed by atoms with E-state index in [1.165, 1.54) is 0 Å². The van der Waals surface area contributed by atoms with E-state index in [9.17, 15) is 9.90 Å². The van der Waals surface area contributed by atoms with Crippen molar-refractivity contribution in [3.63, 3.8) is 0 Å². The van der Waals surface area contributed by atoms with Crippen molar-refractivity contribution in [1.29, 1.82) is 0 Å². The summed E-state index contributed by atoms with van der Waals surface area (Å²) in [6.07, 6.45) is 4.72. The third-order valence-electron chi connectivity index (χ3n) is 2.51. The van der Waals surface area contributed by atoms with Crippen molar-refractivity contribution in [3.8, 4) is 0 Å². The zero-order valence-corrected chi connectivity index (χ0v) is 9.72. The van der Waals surface area contributed by atoms with Crippen molar-refractivity contribution < 1.29 is 9.90 Å². The first-order valence-corrected chi connectivity index (χ1v) is 5.84. The predicted octanol–water partition coefficient (Wildman–Crippen LogP) is 1.99. The molecule has 1 aromatic rings. The summed E-state index contributed by atoms with van der Waals surface area (Å²) in [5, 5.41) is 9.76. The number of aromatic nitrogens is 1. The van der Waals surface area contributed by atoms with Gasteiger partial charge in [-0.2, -0.15) is 0 Å². The van der Waals surface area contributed by atoms with Crippen molar-refractivity contribution in [2.45, 2.75) is 45.1 Å². The number of aliphatic hydroxyl groups excluding tert-OH is 1. The summed E-state index contributed by atoms with van der Waals surface area (Å²) in [5.74, 6) is 3.65. The maximum absolute atomic E-state index is 11.5. The van der Waals surface area contributed by atoms with Crippen LogP contribution in [0.3, 0.4) is 0 Å². The zero-order chi connectivity index (χ0) is 11.8. The van der Waals surface area contributed by atoms with Gasteiger partial charge >= 0.3 is 96.5 Å². The van der Waals surface area contributed by atoms with Crippen LogP contribution >= 0.6 is 0 Å². The Labute approximate surface area is 97.1 Å². The van der Waals surface area contributed by atoms with Crippen LogP contribution in [0, 0.1) is 0 Å². The van der Waals surface area contributed by atoms with Crippen molar-refractivity contribution in [2.75, 3.05) is 0 Å². The number of aliphatic hydroxyl groups is 1. The molecule has 16 heavy (non-hydrogen) atoms. The van der Waals surface area contributed by atoms with Crippen molar-refractivity contribution >= 4 is 12.7 Å². The van der Waals surface area contributed by atoms with Crippen LogP contribution in [0.2, 0.25) is 0 Å². The Morgan fingerprint density at radius 1 is 1.56 bits per heavy atom. The van der Waals surface area contributed by atoms with E-state index >= 15 is 0 Å². The summed E-state index contributed by atoms with van der Waals surface area (Å²) >= 11 is 0. The molecule has 0 radical (unpaired) electrons. The molecule has 1 heterocycles. The molecule has 0 aliphatic carbocycles. The first-order valence-electron chi connectivity index (χ1n) is 5.84. The molecule has 0 aliphatic heterocycles. The molecule has 0 aromatic carbocycles. The van der Waals surface area contributed by atoms with Crippen LogP contribution < -0.4 is 0 Å². The second-order valence-corrected chi connectivity index (χ2v) is 3.97. The fourth-order valence-electron chi connectivity index (χ4n) is 1.57. The average molecular weight is 219 g/mol. The van der Waals surface area contributed by atoms with Gasteiger partial charge in [0.05, 0.1) is 0 Å². The van der Waals surface area contributed by atoms with Crippen LogP contribution in [0.5, 0.6) is 0 Å². The van der Waals surface area contributed by atoms with E-state index in [0.29, 0.717) is 12.1 Å². The molecular formula is C12H18BNO2. The number of ketones is 1. The van der Waals surface area contributed by atoms with Gasteiger partial charge in [-0.05, 0) is 0 Å². The molecule has 1 N–H and O–H groups in total. The Hall–Kier alpha value is -1.03. The minimum absolute atomic E-state index is 0.117. The number of unbranched alkanes of at least 4 members (excludes halogenated alkanes) is 2. The monoisotopic (exact) mass is 219 g/mol. The van der Waals surface area contributed by atoms with Crippen LogP contribution in [0.4, 0.5) is 0 Å². The molecule has 3 nitrogen and oxygen atoms in total. The second kappa shape index (κ2) is 7.28. The fourth-order valence-corrected chi connectivity index (χ4v) is 1.57. The summed E-state index contributed by atoms with van der Waals surface area (Å²) in [6, 6.07) is 0. The SMILES string of the molecule is CCCCCC(=O)CC(O)c1cbccn1.